The van der Waals surface area contributed by atoms with Gasteiger partial charge in [-0.3, -0.25) is 14.9 Å². The van der Waals surface area contributed by atoms with Gasteiger partial charge in [-0.2, -0.15) is 0 Å². The number of fused-ring (bicyclic) bond motifs is 1. The Bertz CT molecular complexity index is 709. The molecule has 2 amide bonds. The SMILES string of the molecule is CC(C)CCCC(C)CCCC(C)CCCC(C)CCc1cccc2c1C(=O)NC2=O. The third-order valence-electron chi connectivity index (χ3n) is 7.02. The Morgan fingerprint density at radius 1 is 0.677 bits per heavy atom. The van der Waals surface area contributed by atoms with Gasteiger partial charge in [0.2, 0.25) is 0 Å². The maximum absolute atomic E-state index is 12.1. The van der Waals surface area contributed by atoms with Gasteiger partial charge in [-0.25, -0.2) is 0 Å². The second-order valence-electron chi connectivity index (χ2n) is 10.7. The Morgan fingerprint density at radius 2 is 1.19 bits per heavy atom. The van der Waals surface area contributed by atoms with Crippen LogP contribution < -0.4 is 5.32 Å². The fourth-order valence-corrected chi connectivity index (χ4v) is 4.84. The lowest BCUT2D eigenvalue weighted by molar-refractivity contribution is 0.0879. The first-order valence-electron chi connectivity index (χ1n) is 12.8. The summed E-state index contributed by atoms with van der Waals surface area (Å²) >= 11 is 0. The van der Waals surface area contributed by atoms with Crippen LogP contribution in [0.15, 0.2) is 18.2 Å². The largest absolute Gasteiger partial charge is 0.288 e. The highest BCUT2D eigenvalue weighted by Crippen LogP contribution is 2.25. The van der Waals surface area contributed by atoms with Crippen LogP contribution in [0, 0.1) is 23.7 Å². The van der Waals surface area contributed by atoms with Crippen molar-refractivity contribution < 1.29 is 9.59 Å². The van der Waals surface area contributed by atoms with E-state index < -0.39 is 0 Å². The van der Waals surface area contributed by atoms with Crippen LogP contribution in [0.2, 0.25) is 0 Å². The van der Waals surface area contributed by atoms with E-state index in [1.165, 1.54) is 57.8 Å². The Hall–Kier alpha value is -1.64. The summed E-state index contributed by atoms with van der Waals surface area (Å²) in [5.41, 5.74) is 2.16. The zero-order valence-corrected chi connectivity index (χ0v) is 20.6. The van der Waals surface area contributed by atoms with Crippen molar-refractivity contribution >= 4 is 11.8 Å². The summed E-state index contributed by atoms with van der Waals surface area (Å²) < 4.78 is 0. The number of aryl methyl sites for hydroxylation is 1. The Balaban J connectivity index is 1.59. The van der Waals surface area contributed by atoms with Gasteiger partial charge >= 0.3 is 0 Å². The smallest absolute Gasteiger partial charge is 0.259 e. The number of nitrogens with one attached hydrogen (secondary N) is 1. The number of amides is 2. The molecular weight excluding hydrogens is 382 g/mol. The standard InChI is InChI=1S/C28H45NO2/c1-20(2)10-6-11-21(3)12-7-13-22(4)14-8-15-23(5)18-19-24-16-9-17-25-26(24)28(31)29-27(25)30/h9,16-17,20-23H,6-8,10-15,18-19H2,1-5H3,(H,29,30,31). The quantitative estimate of drug-likeness (QED) is 0.293. The maximum Gasteiger partial charge on any atom is 0.259 e. The lowest BCUT2D eigenvalue weighted by Gasteiger charge is -2.16. The molecule has 1 aliphatic heterocycles. The highest BCUT2D eigenvalue weighted by Gasteiger charge is 2.28. The van der Waals surface area contributed by atoms with Crippen LogP contribution in [0.5, 0.6) is 0 Å². The van der Waals surface area contributed by atoms with E-state index in [1.807, 2.05) is 12.1 Å². The predicted octanol–water partition coefficient (Wildman–Crippen LogP) is 7.58. The molecular formula is C28H45NO2. The molecule has 174 valence electrons. The minimum absolute atomic E-state index is 0.230. The molecule has 31 heavy (non-hydrogen) atoms. The van der Waals surface area contributed by atoms with Gasteiger partial charge in [0.1, 0.15) is 0 Å². The van der Waals surface area contributed by atoms with Crippen molar-refractivity contribution in [1.29, 1.82) is 0 Å². The molecule has 3 atom stereocenters. The fraction of sp³-hybridized carbons (Fsp3) is 0.714. The molecule has 0 saturated carbocycles. The minimum atomic E-state index is -0.256. The molecule has 1 heterocycles. The van der Waals surface area contributed by atoms with Crippen LogP contribution in [-0.2, 0) is 6.42 Å². The summed E-state index contributed by atoms with van der Waals surface area (Å²) in [6.45, 7) is 11.8. The number of carbonyl (C=O) groups is 2. The molecule has 0 spiro atoms. The summed E-state index contributed by atoms with van der Waals surface area (Å²) in [4.78, 5) is 23.9. The van der Waals surface area contributed by atoms with E-state index in [9.17, 15) is 9.59 Å². The molecule has 0 radical (unpaired) electrons. The van der Waals surface area contributed by atoms with Crippen LogP contribution >= 0.6 is 0 Å². The van der Waals surface area contributed by atoms with Crippen LogP contribution in [0.4, 0.5) is 0 Å². The Morgan fingerprint density at radius 3 is 1.74 bits per heavy atom. The highest BCUT2D eigenvalue weighted by atomic mass is 16.2. The van der Waals surface area contributed by atoms with E-state index in [4.69, 9.17) is 0 Å². The molecule has 3 unspecified atom stereocenters. The third-order valence-corrected chi connectivity index (χ3v) is 7.02. The van der Waals surface area contributed by atoms with E-state index in [2.05, 4.69) is 39.9 Å². The highest BCUT2D eigenvalue weighted by molar-refractivity contribution is 6.22. The minimum Gasteiger partial charge on any atom is -0.288 e. The molecule has 0 aromatic heterocycles. The Kier molecular flexibility index (Phi) is 10.8. The molecule has 3 nitrogen and oxygen atoms in total. The molecule has 0 saturated heterocycles. The first-order valence-corrected chi connectivity index (χ1v) is 12.8. The number of hydrogen-bond acceptors (Lipinski definition) is 2. The molecule has 0 fully saturated rings. The van der Waals surface area contributed by atoms with Crippen LogP contribution in [-0.4, -0.2) is 11.8 Å². The molecule has 3 heteroatoms. The van der Waals surface area contributed by atoms with Crippen molar-refractivity contribution in [2.45, 2.75) is 105 Å². The van der Waals surface area contributed by atoms with Crippen molar-refractivity contribution in [3.8, 4) is 0 Å². The Labute approximate surface area is 190 Å². The average molecular weight is 428 g/mol. The van der Waals surface area contributed by atoms with Gasteiger partial charge < -0.3 is 0 Å². The molecule has 1 aromatic rings. The van der Waals surface area contributed by atoms with Gasteiger partial charge in [-0.1, -0.05) is 105 Å². The van der Waals surface area contributed by atoms with Crippen LogP contribution in [0.25, 0.3) is 0 Å². The lowest BCUT2D eigenvalue weighted by Crippen LogP contribution is -2.20. The van der Waals surface area contributed by atoms with Gasteiger partial charge in [0.25, 0.3) is 11.8 Å². The summed E-state index contributed by atoms with van der Waals surface area (Å²) in [6.07, 6.45) is 14.1. The van der Waals surface area contributed by atoms with Gasteiger partial charge in [-0.05, 0) is 48.1 Å². The average Bonchev–Trinajstić information content (AvgIpc) is 3.00. The van der Waals surface area contributed by atoms with Crippen molar-refractivity contribution in [3.63, 3.8) is 0 Å². The molecule has 1 N–H and O–H groups in total. The second-order valence-corrected chi connectivity index (χ2v) is 10.7. The maximum atomic E-state index is 12.1. The lowest BCUT2D eigenvalue weighted by atomic mass is 9.89. The molecule has 1 aliphatic rings. The van der Waals surface area contributed by atoms with Crippen molar-refractivity contribution in [2.75, 3.05) is 0 Å². The first-order chi connectivity index (χ1) is 14.8. The number of benzene rings is 1. The predicted molar refractivity (Wildman–Crippen MR) is 130 cm³/mol. The number of rotatable bonds is 15. The zero-order valence-electron chi connectivity index (χ0n) is 20.6. The van der Waals surface area contributed by atoms with E-state index >= 15 is 0 Å². The monoisotopic (exact) mass is 427 g/mol. The van der Waals surface area contributed by atoms with E-state index in [-0.39, 0.29) is 11.8 Å². The zero-order chi connectivity index (χ0) is 22.8. The van der Waals surface area contributed by atoms with Crippen LogP contribution in [0.3, 0.4) is 0 Å². The van der Waals surface area contributed by atoms with E-state index in [0.717, 1.165) is 36.2 Å². The van der Waals surface area contributed by atoms with Crippen LogP contribution in [0.1, 0.15) is 125 Å². The van der Waals surface area contributed by atoms with Gasteiger partial charge in [0.15, 0.2) is 0 Å². The first kappa shape index (κ1) is 25.6. The van der Waals surface area contributed by atoms with Gasteiger partial charge in [-0.15, -0.1) is 0 Å². The summed E-state index contributed by atoms with van der Waals surface area (Å²) in [7, 11) is 0. The van der Waals surface area contributed by atoms with E-state index in [1.54, 1.807) is 6.07 Å². The molecule has 2 rings (SSSR count). The number of imide groups is 1. The second kappa shape index (κ2) is 13.0. The van der Waals surface area contributed by atoms with Gasteiger partial charge in [0.05, 0.1) is 11.1 Å². The number of hydrogen-bond donors (Lipinski definition) is 1. The summed E-state index contributed by atoms with van der Waals surface area (Å²) in [5.74, 6) is 2.70. The molecule has 1 aromatic carbocycles. The number of carbonyl (C=O) groups excluding carboxylic acids is 2. The fourth-order valence-electron chi connectivity index (χ4n) is 4.84. The summed E-state index contributed by atoms with van der Waals surface area (Å²) in [5, 5.41) is 2.42. The van der Waals surface area contributed by atoms with Crippen molar-refractivity contribution in [2.24, 2.45) is 23.7 Å². The molecule has 0 bridgehead atoms. The van der Waals surface area contributed by atoms with E-state index in [0.29, 0.717) is 17.0 Å². The molecule has 0 aliphatic carbocycles. The topological polar surface area (TPSA) is 46.2 Å². The van der Waals surface area contributed by atoms with Crippen molar-refractivity contribution in [1.82, 2.24) is 5.32 Å². The third kappa shape index (κ3) is 8.79. The summed E-state index contributed by atoms with van der Waals surface area (Å²) in [6, 6.07) is 5.63. The van der Waals surface area contributed by atoms with Crippen molar-refractivity contribution in [3.05, 3.63) is 34.9 Å². The van der Waals surface area contributed by atoms with Gasteiger partial charge in [0, 0.05) is 0 Å². The normalized spacial score (nSPS) is 16.3.